The van der Waals surface area contributed by atoms with Gasteiger partial charge in [0.15, 0.2) is 0 Å². The molecule has 98 valence electrons. The summed E-state index contributed by atoms with van der Waals surface area (Å²) in [6, 6.07) is 3.77. The maximum absolute atomic E-state index is 11.5. The number of phenolic OH excluding ortho intramolecular Hbond substituents is 1. The third-order valence-electron chi connectivity index (χ3n) is 2.22. The number of phenols is 1. The molecule has 6 nitrogen and oxygen atoms in total. The minimum Gasteiger partial charge on any atom is -0.508 e. The van der Waals surface area contributed by atoms with Crippen LogP contribution in [0.15, 0.2) is 18.2 Å². The largest absolute Gasteiger partial charge is 0.508 e. The molecule has 0 aliphatic heterocycles. The van der Waals surface area contributed by atoms with Crippen LogP contribution in [0.25, 0.3) is 0 Å². The zero-order chi connectivity index (χ0) is 13.5. The summed E-state index contributed by atoms with van der Waals surface area (Å²) in [4.78, 5) is 22.5. The molecular formula is C12H16N2O4. The quantitative estimate of drug-likeness (QED) is 0.447. The van der Waals surface area contributed by atoms with Crippen LogP contribution < -0.4 is 10.6 Å². The highest BCUT2D eigenvalue weighted by Gasteiger charge is 2.13. The van der Waals surface area contributed by atoms with Crippen LogP contribution in [0.1, 0.15) is 23.7 Å². The first-order valence-corrected chi connectivity index (χ1v) is 5.61. The van der Waals surface area contributed by atoms with Crippen molar-refractivity contribution in [2.45, 2.75) is 13.3 Å². The Hall–Kier alpha value is -2.08. The van der Waals surface area contributed by atoms with Crippen LogP contribution in [-0.2, 0) is 4.79 Å². The van der Waals surface area contributed by atoms with Gasteiger partial charge in [-0.15, -0.1) is 0 Å². The Morgan fingerprint density at radius 1 is 1.33 bits per heavy atom. The molecule has 0 aromatic heterocycles. The van der Waals surface area contributed by atoms with E-state index in [0.717, 1.165) is 19.0 Å². The summed E-state index contributed by atoms with van der Waals surface area (Å²) >= 11 is 0. The number of aromatic hydroxyl groups is 1. The molecule has 0 unspecified atom stereocenters. The highest BCUT2D eigenvalue weighted by molar-refractivity contribution is 6.01. The fourth-order valence-electron chi connectivity index (χ4n) is 1.39. The van der Waals surface area contributed by atoms with E-state index in [4.69, 9.17) is 5.11 Å². The van der Waals surface area contributed by atoms with E-state index in [1.807, 2.05) is 6.92 Å². The van der Waals surface area contributed by atoms with E-state index >= 15 is 0 Å². The Balaban J connectivity index is 2.72. The number of anilines is 1. The van der Waals surface area contributed by atoms with Gasteiger partial charge in [-0.1, -0.05) is 6.92 Å². The first-order valence-electron chi connectivity index (χ1n) is 5.61. The third kappa shape index (κ3) is 4.06. The Bertz CT molecular complexity index is 446. The van der Waals surface area contributed by atoms with Gasteiger partial charge in [-0.2, -0.15) is 0 Å². The maximum Gasteiger partial charge on any atom is 0.337 e. The predicted molar refractivity (Wildman–Crippen MR) is 66.9 cm³/mol. The second-order valence-corrected chi connectivity index (χ2v) is 3.76. The molecule has 6 heteroatoms. The second-order valence-electron chi connectivity index (χ2n) is 3.76. The van der Waals surface area contributed by atoms with Crippen LogP contribution in [0.4, 0.5) is 5.69 Å². The highest BCUT2D eigenvalue weighted by Crippen LogP contribution is 2.21. The number of carboxylic acid groups (broad SMARTS) is 1. The summed E-state index contributed by atoms with van der Waals surface area (Å²) < 4.78 is 0. The van der Waals surface area contributed by atoms with Crippen molar-refractivity contribution in [3.8, 4) is 5.75 Å². The number of amides is 1. The molecule has 0 atom stereocenters. The van der Waals surface area contributed by atoms with E-state index in [1.54, 1.807) is 0 Å². The fraction of sp³-hybridized carbons (Fsp3) is 0.333. The number of nitrogens with one attached hydrogen (secondary N) is 2. The molecule has 0 aliphatic rings. The Kier molecular flexibility index (Phi) is 5.13. The number of carbonyl (C=O) groups is 2. The zero-order valence-corrected chi connectivity index (χ0v) is 10.1. The minimum atomic E-state index is -1.21. The summed E-state index contributed by atoms with van der Waals surface area (Å²) in [5, 5.41) is 23.5. The maximum atomic E-state index is 11.5. The fourth-order valence-corrected chi connectivity index (χ4v) is 1.39. The van der Waals surface area contributed by atoms with E-state index in [9.17, 15) is 14.7 Å². The number of hydrogen-bond acceptors (Lipinski definition) is 4. The monoisotopic (exact) mass is 252 g/mol. The van der Waals surface area contributed by atoms with Crippen molar-refractivity contribution in [2.75, 3.05) is 18.4 Å². The third-order valence-corrected chi connectivity index (χ3v) is 2.22. The van der Waals surface area contributed by atoms with Crippen LogP contribution in [0, 0.1) is 0 Å². The molecule has 1 aromatic carbocycles. The molecule has 18 heavy (non-hydrogen) atoms. The van der Waals surface area contributed by atoms with Crippen molar-refractivity contribution in [3.05, 3.63) is 23.8 Å². The lowest BCUT2D eigenvalue weighted by Crippen LogP contribution is -2.29. The normalized spacial score (nSPS) is 10.1. The number of aromatic carboxylic acids is 1. The number of carbonyl (C=O) groups excluding carboxylic acids is 1. The number of carboxylic acids is 1. The molecule has 0 radical (unpaired) electrons. The van der Waals surface area contributed by atoms with Crippen molar-refractivity contribution >= 4 is 17.6 Å². The standard InChI is InChI=1S/C12H16N2O4/c1-2-5-13-7-11(16)14-10-4-3-8(15)6-9(10)12(17)18/h3-4,6,13,15H,2,5,7H2,1H3,(H,14,16)(H,17,18). The van der Waals surface area contributed by atoms with Gasteiger partial charge in [-0.05, 0) is 31.2 Å². The summed E-state index contributed by atoms with van der Waals surface area (Å²) in [6.07, 6.45) is 0.910. The topological polar surface area (TPSA) is 98.7 Å². The molecule has 1 aromatic rings. The number of benzene rings is 1. The second kappa shape index (κ2) is 6.61. The minimum absolute atomic E-state index is 0.119. The van der Waals surface area contributed by atoms with Gasteiger partial charge in [-0.3, -0.25) is 4.79 Å². The Morgan fingerprint density at radius 3 is 2.67 bits per heavy atom. The van der Waals surface area contributed by atoms with Gasteiger partial charge >= 0.3 is 5.97 Å². The van der Waals surface area contributed by atoms with Gasteiger partial charge in [0.2, 0.25) is 5.91 Å². The molecule has 0 saturated heterocycles. The molecule has 1 rings (SSSR count). The van der Waals surface area contributed by atoms with Crippen molar-refractivity contribution in [2.24, 2.45) is 0 Å². The van der Waals surface area contributed by atoms with Crippen molar-refractivity contribution < 1.29 is 19.8 Å². The molecule has 1 amide bonds. The van der Waals surface area contributed by atoms with Crippen LogP contribution in [0.5, 0.6) is 5.75 Å². The first-order chi connectivity index (χ1) is 8.54. The van der Waals surface area contributed by atoms with Crippen LogP contribution >= 0.6 is 0 Å². The van der Waals surface area contributed by atoms with Crippen molar-refractivity contribution in [3.63, 3.8) is 0 Å². The van der Waals surface area contributed by atoms with Gasteiger partial charge in [0, 0.05) is 0 Å². The van der Waals surface area contributed by atoms with E-state index in [2.05, 4.69) is 10.6 Å². The molecule has 0 saturated carbocycles. The van der Waals surface area contributed by atoms with Gasteiger partial charge in [-0.25, -0.2) is 4.79 Å². The van der Waals surface area contributed by atoms with Crippen molar-refractivity contribution in [1.29, 1.82) is 0 Å². The average molecular weight is 252 g/mol. The Labute approximate surface area is 105 Å². The molecule has 4 N–H and O–H groups in total. The van der Waals surface area contributed by atoms with Gasteiger partial charge < -0.3 is 20.8 Å². The molecule has 0 spiro atoms. The first kappa shape index (κ1) is 14.0. The van der Waals surface area contributed by atoms with E-state index in [0.29, 0.717) is 0 Å². The number of rotatable bonds is 6. The summed E-state index contributed by atoms with van der Waals surface area (Å²) in [6.45, 7) is 2.82. The van der Waals surface area contributed by atoms with E-state index in [-0.39, 0.29) is 29.5 Å². The molecule has 0 heterocycles. The van der Waals surface area contributed by atoms with Crippen LogP contribution in [0.3, 0.4) is 0 Å². The predicted octanol–water partition coefficient (Wildman–Crippen LogP) is 1.03. The molecule has 0 aliphatic carbocycles. The lowest BCUT2D eigenvalue weighted by Gasteiger charge is -2.09. The SMILES string of the molecule is CCCNCC(=O)Nc1ccc(O)cc1C(=O)O. The molecular weight excluding hydrogens is 236 g/mol. The average Bonchev–Trinajstić information content (AvgIpc) is 2.31. The summed E-state index contributed by atoms with van der Waals surface area (Å²) in [5.74, 6) is -1.69. The zero-order valence-electron chi connectivity index (χ0n) is 10.1. The highest BCUT2D eigenvalue weighted by atomic mass is 16.4. The van der Waals surface area contributed by atoms with Gasteiger partial charge in [0.05, 0.1) is 17.8 Å². The van der Waals surface area contributed by atoms with E-state index in [1.165, 1.54) is 12.1 Å². The lowest BCUT2D eigenvalue weighted by molar-refractivity contribution is -0.115. The van der Waals surface area contributed by atoms with Crippen LogP contribution in [-0.4, -0.2) is 35.2 Å². The summed E-state index contributed by atoms with van der Waals surface area (Å²) in [7, 11) is 0. The van der Waals surface area contributed by atoms with Gasteiger partial charge in [0.1, 0.15) is 5.75 Å². The van der Waals surface area contributed by atoms with Crippen molar-refractivity contribution in [1.82, 2.24) is 5.32 Å². The van der Waals surface area contributed by atoms with Crippen LogP contribution in [0.2, 0.25) is 0 Å². The number of hydrogen-bond donors (Lipinski definition) is 4. The smallest absolute Gasteiger partial charge is 0.337 e. The summed E-state index contributed by atoms with van der Waals surface area (Å²) in [5.41, 5.74) is 0.0300. The van der Waals surface area contributed by atoms with Gasteiger partial charge in [0.25, 0.3) is 0 Å². The Morgan fingerprint density at radius 2 is 2.06 bits per heavy atom. The molecule has 0 bridgehead atoms. The molecule has 0 fully saturated rings. The van der Waals surface area contributed by atoms with E-state index < -0.39 is 5.97 Å². The lowest BCUT2D eigenvalue weighted by atomic mass is 10.1.